The largest absolute Gasteiger partial charge is 0.497 e. The molecule has 110 valence electrons. The minimum Gasteiger partial charge on any atom is -0.497 e. The fourth-order valence-corrected chi connectivity index (χ4v) is 1.15. The van der Waals surface area contributed by atoms with Gasteiger partial charge >= 0.3 is 0 Å². The number of ether oxygens (including phenoxy) is 2. The highest BCUT2D eigenvalue weighted by Crippen LogP contribution is 2.28. The molecular weight excluding hydrogens is 242 g/mol. The Morgan fingerprint density at radius 2 is 1.84 bits per heavy atom. The van der Waals surface area contributed by atoms with Crippen LogP contribution in [0.25, 0.3) is 0 Å². The van der Waals surface area contributed by atoms with Gasteiger partial charge in [0.1, 0.15) is 11.5 Å². The van der Waals surface area contributed by atoms with E-state index in [2.05, 4.69) is 18.5 Å². The van der Waals surface area contributed by atoms with E-state index in [0.717, 1.165) is 0 Å². The van der Waals surface area contributed by atoms with E-state index in [1.807, 2.05) is 13.8 Å². The highest BCUT2D eigenvalue weighted by molar-refractivity contribution is 5.92. The molecule has 0 fully saturated rings. The fourth-order valence-electron chi connectivity index (χ4n) is 1.15. The molecule has 0 saturated heterocycles. The summed E-state index contributed by atoms with van der Waals surface area (Å²) in [6.07, 6.45) is 0.431. The minimum absolute atomic E-state index is 0. The van der Waals surface area contributed by atoms with Gasteiger partial charge in [-0.2, -0.15) is 0 Å². The lowest BCUT2D eigenvalue weighted by atomic mass is 10.2. The van der Waals surface area contributed by atoms with Crippen LogP contribution in [0.15, 0.2) is 31.4 Å². The summed E-state index contributed by atoms with van der Waals surface area (Å²) in [5.41, 5.74) is 0.628. The molecule has 0 aromatic heterocycles. The lowest BCUT2D eigenvalue weighted by Gasteiger charge is -2.10. The predicted octanol–water partition coefficient (Wildman–Crippen LogP) is 4.13. The molecule has 0 radical (unpaired) electrons. The molecule has 1 aromatic rings. The molecular formula is C15H27NO3. The van der Waals surface area contributed by atoms with Gasteiger partial charge in [-0.1, -0.05) is 20.8 Å². The second-order valence-corrected chi connectivity index (χ2v) is 2.97. The standard InChI is InChI=1S/C11H15NO3.C2H6.C2H4.H2/c1-4-11(13)12-9-7-8(14-2)5-6-10(9)15-3;2*1-2;/h5-7H,4H2,1-3H3,(H,12,13);1-2H3;1-2H2;1H. The van der Waals surface area contributed by atoms with Crippen molar-refractivity contribution in [2.24, 2.45) is 0 Å². The van der Waals surface area contributed by atoms with Crippen LogP contribution >= 0.6 is 0 Å². The van der Waals surface area contributed by atoms with Crippen molar-refractivity contribution in [3.63, 3.8) is 0 Å². The summed E-state index contributed by atoms with van der Waals surface area (Å²) in [6, 6.07) is 5.26. The van der Waals surface area contributed by atoms with Crippen molar-refractivity contribution in [2.45, 2.75) is 27.2 Å². The van der Waals surface area contributed by atoms with Crippen LogP contribution in [-0.4, -0.2) is 20.1 Å². The summed E-state index contributed by atoms with van der Waals surface area (Å²) >= 11 is 0. The van der Waals surface area contributed by atoms with Crippen LogP contribution in [0, 0.1) is 0 Å². The number of methoxy groups -OCH3 is 2. The highest BCUT2D eigenvalue weighted by Gasteiger charge is 2.07. The zero-order valence-electron chi connectivity index (χ0n) is 12.6. The zero-order chi connectivity index (χ0) is 15.3. The number of nitrogens with one attached hydrogen (secondary N) is 1. The maximum Gasteiger partial charge on any atom is 0.224 e. The smallest absolute Gasteiger partial charge is 0.224 e. The maximum absolute atomic E-state index is 11.2. The average Bonchev–Trinajstić information content (AvgIpc) is 2.51. The molecule has 4 nitrogen and oxygen atoms in total. The Morgan fingerprint density at radius 1 is 1.26 bits per heavy atom. The van der Waals surface area contributed by atoms with E-state index in [1.165, 1.54) is 0 Å². The van der Waals surface area contributed by atoms with Crippen LogP contribution in [0.3, 0.4) is 0 Å². The topological polar surface area (TPSA) is 47.6 Å². The van der Waals surface area contributed by atoms with Gasteiger partial charge in [0.2, 0.25) is 5.91 Å². The van der Waals surface area contributed by atoms with Gasteiger partial charge in [0, 0.05) is 13.9 Å². The number of carbonyl (C=O) groups excluding carboxylic acids is 1. The van der Waals surface area contributed by atoms with E-state index in [-0.39, 0.29) is 7.33 Å². The van der Waals surface area contributed by atoms with Crippen LogP contribution in [0.2, 0.25) is 0 Å². The van der Waals surface area contributed by atoms with E-state index < -0.39 is 0 Å². The number of rotatable bonds is 4. The first-order chi connectivity index (χ1) is 9.21. The molecule has 1 aromatic carbocycles. The number of carbonyl (C=O) groups is 1. The summed E-state index contributed by atoms with van der Waals surface area (Å²) in [6.45, 7) is 11.8. The summed E-state index contributed by atoms with van der Waals surface area (Å²) in [5.74, 6) is 1.25. The van der Waals surface area contributed by atoms with Crippen LogP contribution in [0.5, 0.6) is 11.5 Å². The van der Waals surface area contributed by atoms with Crippen LogP contribution in [-0.2, 0) is 4.79 Å². The average molecular weight is 269 g/mol. The van der Waals surface area contributed by atoms with Gasteiger partial charge in [0.15, 0.2) is 0 Å². The molecule has 0 aliphatic rings. The second-order valence-electron chi connectivity index (χ2n) is 2.97. The molecule has 1 N–H and O–H groups in total. The molecule has 0 spiro atoms. The Bertz CT molecular complexity index is 370. The molecule has 0 atom stereocenters. The van der Waals surface area contributed by atoms with Crippen LogP contribution in [0.1, 0.15) is 28.6 Å². The van der Waals surface area contributed by atoms with E-state index >= 15 is 0 Å². The first kappa shape index (κ1) is 19.4. The predicted molar refractivity (Wildman–Crippen MR) is 83.2 cm³/mol. The van der Waals surface area contributed by atoms with Gasteiger partial charge in [-0.05, 0) is 12.1 Å². The Labute approximate surface area is 117 Å². The van der Waals surface area contributed by atoms with Gasteiger partial charge in [0.05, 0.1) is 19.9 Å². The maximum atomic E-state index is 11.2. The lowest BCUT2D eigenvalue weighted by molar-refractivity contribution is -0.115. The summed E-state index contributed by atoms with van der Waals surface area (Å²) < 4.78 is 10.2. The summed E-state index contributed by atoms with van der Waals surface area (Å²) in [5, 5.41) is 2.74. The normalized spacial score (nSPS) is 8.05. The SMILES string of the molecule is C=C.CC.CCC(=O)Nc1cc(OC)ccc1OC.[HH]. The number of amides is 1. The zero-order valence-corrected chi connectivity index (χ0v) is 12.6. The van der Waals surface area contributed by atoms with Crippen molar-refractivity contribution < 1.29 is 15.7 Å². The van der Waals surface area contributed by atoms with E-state index in [1.54, 1.807) is 39.3 Å². The number of benzene rings is 1. The van der Waals surface area contributed by atoms with Crippen molar-refractivity contribution in [1.29, 1.82) is 0 Å². The number of hydrogen-bond donors (Lipinski definition) is 1. The van der Waals surface area contributed by atoms with Crippen molar-refractivity contribution in [1.82, 2.24) is 0 Å². The first-order valence-corrected chi connectivity index (χ1v) is 6.23. The molecule has 0 saturated carbocycles. The molecule has 1 rings (SSSR count). The molecule has 0 aliphatic carbocycles. The summed E-state index contributed by atoms with van der Waals surface area (Å²) in [4.78, 5) is 11.2. The highest BCUT2D eigenvalue weighted by atomic mass is 16.5. The molecule has 0 heterocycles. The van der Waals surface area contributed by atoms with Gasteiger partial charge in [-0.3, -0.25) is 4.79 Å². The van der Waals surface area contributed by atoms with Gasteiger partial charge in [-0.25, -0.2) is 0 Å². The Hall–Kier alpha value is -1.97. The van der Waals surface area contributed by atoms with Gasteiger partial charge < -0.3 is 14.8 Å². The Kier molecular flexibility index (Phi) is 12.7. The van der Waals surface area contributed by atoms with E-state index in [0.29, 0.717) is 23.6 Å². The first-order valence-electron chi connectivity index (χ1n) is 6.23. The molecule has 0 bridgehead atoms. The summed E-state index contributed by atoms with van der Waals surface area (Å²) in [7, 11) is 3.14. The van der Waals surface area contributed by atoms with Crippen molar-refractivity contribution in [3.8, 4) is 11.5 Å². The quantitative estimate of drug-likeness (QED) is 0.836. The third-order valence-electron chi connectivity index (χ3n) is 2.00. The van der Waals surface area contributed by atoms with Gasteiger partial charge in [-0.15, -0.1) is 13.2 Å². The third-order valence-corrected chi connectivity index (χ3v) is 2.00. The number of hydrogen-bond acceptors (Lipinski definition) is 3. The Balaban J connectivity index is -0.000000529. The fraction of sp³-hybridized carbons (Fsp3) is 0.400. The van der Waals surface area contributed by atoms with Crippen molar-refractivity contribution in [3.05, 3.63) is 31.4 Å². The molecule has 4 heteroatoms. The Morgan fingerprint density at radius 3 is 2.26 bits per heavy atom. The lowest BCUT2D eigenvalue weighted by Crippen LogP contribution is -2.10. The third kappa shape index (κ3) is 7.13. The second kappa shape index (κ2) is 12.5. The molecule has 0 aliphatic heterocycles. The number of anilines is 1. The van der Waals surface area contributed by atoms with Gasteiger partial charge in [0.25, 0.3) is 0 Å². The molecule has 1 amide bonds. The van der Waals surface area contributed by atoms with E-state index in [9.17, 15) is 4.79 Å². The van der Waals surface area contributed by atoms with Crippen LogP contribution < -0.4 is 14.8 Å². The molecule has 19 heavy (non-hydrogen) atoms. The van der Waals surface area contributed by atoms with Crippen molar-refractivity contribution in [2.75, 3.05) is 19.5 Å². The molecule has 0 unspecified atom stereocenters. The van der Waals surface area contributed by atoms with Crippen LogP contribution in [0.4, 0.5) is 5.69 Å². The van der Waals surface area contributed by atoms with E-state index in [4.69, 9.17) is 9.47 Å². The van der Waals surface area contributed by atoms with Crippen molar-refractivity contribution >= 4 is 11.6 Å². The minimum atomic E-state index is -0.0541. The monoisotopic (exact) mass is 269 g/mol.